The number of piperazine rings is 1. The highest BCUT2D eigenvalue weighted by molar-refractivity contribution is 6.01. The monoisotopic (exact) mass is 504 g/mol. The summed E-state index contributed by atoms with van der Waals surface area (Å²) in [6.07, 6.45) is 0. The number of nitrogens with zero attached hydrogens (tertiary/aromatic N) is 5. The zero-order valence-electron chi connectivity index (χ0n) is 21.2. The van der Waals surface area contributed by atoms with E-state index in [1.54, 1.807) is 27.7 Å². The largest absolute Gasteiger partial charge is 0.388 e. The van der Waals surface area contributed by atoms with Crippen LogP contribution in [-0.2, 0) is 11.3 Å². The maximum atomic E-state index is 12.8. The Hall–Kier alpha value is -3.60. The van der Waals surface area contributed by atoms with Crippen LogP contribution in [0.15, 0.2) is 47.3 Å². The molecule has 1 unspecified atom stereocenters. The van der Waals surface area contributed by atoms with Crippen molar-refractivity contribution in [1.29, 1.82) is 0 Å². The van der Waals surface area contributed by atoms with Crippen molar-refractivity contribution >= 4 is 34.1 Å². The van der Waals surface area contributed by atoms with E-state index in [4.69, 9.17) is 5.11 Å². The van der Waals surface area contributed by atoms with E-state index in [2.05, 4.69) is 27.1 Å². The molecule has 10 heteroatoms. The average molecular weight is 505 g/mol. The Morgan fingerprint density at radius 2 is 1.84 bits per heavy atom. The summed E-state index contributed by atoms with van der Waals surface area (Å²) in [5, 5.41) is 13.3. The van der Waals surface area contributed by atoms with Crippen LogP contribution >= 0.6 is 0 Å². The van der Waals surface area contributed by atoms with Gasteiger partial charge in [0.25, 0.3) is 0 Å². The van der Waals surface area contributed by atoms with E-state index in [9.17, 15) is 14.4 Å². The molecule has 2 aliphatic heterocycles. The Morgan fingerprint density at radius 1 is 1.11 bits per heavy atom. The Kier molecular flexibility index (Phi) is 7.05. The van der Waals surface area contributed by atoms with Crippen LogP contribution in [0.4, 0.5) is 11.5 Å². The summed E-state index contributed by atoms with van der Waals surface area (Å²) in [5.41, 5.74) is 2.27. The number of ketones is 1. The third-order valence-corrected chi connectivity index (χ3v) is 7.43. The summed E-state index contributed by atoms with van der Waals surface area (Å²) in [7, 11) is 3.91. The quantitative estimate of drug-likeness (QED) is 0.479. The van der Waals surface area contributed by atoms with Gasteiger partial charge in [0, 0.05) is 68.9 Å². The number of hydrogen-bond donors (Lipinski definition) is 2. The number of hydrogen-bond acceptors (Lipinski definition) is 8. The van der Waals surface area contributed by atoms with E-state index in [-0.39, 0.29) is 17.5 Å². The molecule has 0 bridgehead atoms. The number of likely N-dealkylation sites (N-methyl/N-ethyl adjacent to an activating group) is 2. The van der Waals surface area contributed by atoms with Crippen molar-refractivity contribution in [2.75, 3.05) is 70.2 Å². The minimum absolute atomic E-state index is 0.0556. The predicted molar refractivity (Wildman–Crippen MR) is 142 cm³/mol. The lowest BCUT2D eigenvalue weighted by molar-refractivity contribution is -0.119. The number of carbonyl (C=O) groups is 2. The number of nitrogens with one attached hydrogen (secondary N) is 1. The van der Waals surface area contributed by atoms with Gasteiger partial charge in [0.1, 0.15) is 12.4 Å². The van der Waals surface area contributed by atoms with Gasteiger partial charge in [-0.15, -0.1) is 0 Å². The lowest BCUT2D eigenvalue weighted by Crippen LogP contribution is -2.48. The molecule has 3 aromatic rings. The smallest absolute Gasteiger partial charge is 0.349 e. The fraction of sp³-hybridized carbons (Fsp3) is 0.407. The number of anilines is 2. The van der Waals surface area contributed by atoms with Crippen molar-refractivity contribution < 1.29 is 14.7 Å². The second-order valence-electron chi connectivity index (χ2n) is 9.87. The number of carbonyl (C=O) groups excluding carboxylic acids is 2. The molecule has 1 saturated heterocycles. The molecule has 2 N–H and O–H groups in total. The standard InChI is InChI=1S/C27H32N6O4/c1-30-9-11-32(12-10-30)16-25(36)31(2)21-6-3-18(4-7-21)20-14-28-26-22-8-5-19(24(35)17-34)13-23(22)29-27(37)33(26)15-20/h3-8,13,20,28,34H,9-12,14-17H2,1-2H3. The molecule has 1 atom stereocenters. The van der Waals surface area contributed by atoms with E-state index in [1.165, 1.54) is 0 Å². The highest BCUT2D eigenvalue weighted by atomic mass is 16.3. The number of aliphatic hydroxyl groups is 1. The van der Waals surface area contributed by atoms with E-state index in [1.807, 2.05) is 31.3 Å². The fourth-order valence-corrected chi connectivity index (χ4v) is 5.00. The van der Waals surface area contributed by atoms with Crippen LogP contribution in [0.25, 0.3) is 10.9 Å². The van der Waals surface area contributed by atoms with Gasteiger partial charge in [0.05, 0.1) is 12.1 Å². The minimum Gasteiger partial charge on any atom is -0.388 e. The van der Waals surface area contributed by atoms with E-state index in [0.717, 1.165) is 42.8 Å². The van der Waals surface area contributed by atoms with Crippen molar-refractivity contribution in [2.24, 2.45) is 0 Å². The Balaban J connectivity index is 1.29. The summed E-state index contributed by atoms with van der Waals surface area (Å²) < 4.78 is 1.63. The lowest BCUT2D eigenvalue weighted by Gasteiger charge is -2.33. The maximum absolute atomic E-state index is 12.8. The molecule has 0 radical (unpaired) electrons. The van der Waals surface area contributed by atoms with E-state index < -0.39 is 12.4 Å². The van der Waals surface area contributed by atoms with Gasteiger partial charge < -0.3 is 20.2 Å². The molecular weight excluding hydrogens is 472 g/mol. The van der Waals surface area contributed by atoms with Crippen LogP contribution in [0.5, 0.6) is 0 Å². The van der Waals surface area contributed by atoms with Gasteiger partial charge in [-0.3, -0.25) is 19.1 Å². The van der Waals surface area contributed by atoms with Gasteiger partial charge in [-0.1, -0.05) is 18.2 Å². The highest BCUT2D eigenvalue weighted by Crippen LogP contribution is 2.30. The van der Waals surface area contributed by atoms with Crippen LogP contribution in [0, 0.1) is 0 Å². The van der Waals surface area contributed by atoms with Crippen molar-refractivity contribution in [2.45, 2.75) is 12.5 Å². The summed E-state index contributed by atoms with van der Waals surface area (Å²) >= 11 is 0. The number of Topliss-reactive ketones (excluding diaryl/α,β-unsaturated/α-hetero) is 1. The third-order valence-electron chi connectivity index (χ3n) is 7.43. The van der Waals surface area contributed by atoms with Crippen LogP contribution < -0.4 is 15.9 Å². The highest BCUT2D eigenvalue weighted by Gasteiger charge is 2.24. The molecular formula is C27H32N6O4. The van der Waals surface area contributed by atoms with Crippen molar-refractivity contribution in [3.05, 3.63) is 64.1 Å². The summed E-state index contributed by atoms with van der Waals surface area (Å²) in [4.78, 5) is 47.8. The van der Waals surface area contributed by atoms with Gasteiger partial charge in [0.2, 0.25) is 5.91 Å². The van der Waals surface area contributed by atoms with Crippen molar-refractivity contribution in [3.8, 4) is 0 Å². The summed E-state index contributed by atoms with van der Waals surface area (Å²) in [6, 6.07) is 12.9. The number of aliphatic hydroxyl groups excluding tert-OH is 1. The molecule has 5 rings (SSSR count). The maximum Gasteiger partial charge on any atom is 0.349 e. The van der Waals surface area contributed by atoms with Gasteiger partial charge in [-0.2, -0.15) is 4.98 Å². The Labute approximate surface area is 215 Å². The van der Waals surface area contributed by atoms with Gasteiger partial charge in [0.15, 0.2) is 5.78 Å². The minimum atomic E-state index is -0.589. The van der Waals surface area contributed by atoms with Gasteiger partial charge in [-0.25, -0.2) is 4.79 Å². The second kappa shape index (κ2) is 10.4. The number of rotatable bonds is 6. The molecule has 1 aromatic heterocycles. The van der Waals surface area contributed by atoms with Crippen molar-refractivity contribution in [3.63, 3.8) is 0 Å². The molecule has 0 aliphatic carbocycles. The average Bonchev–Trinajstić information content (AvgIpc) is 2.93. The first-order chi connectivity index (χ1) is 17.8. The topological polar surface area (TPSA) is 111 Å². The Bertz CT molecular complexity index is 1380. The molecule has 194 valence electrons. The molecule has 1 fully saturated rings. The van der Waals surface area contributed by atoms with Crippen LogP contribution in [0.3, 0.4) is 0 Å². The fourth-order valence-electron chi connectivity index (χ4n) is 5.00. The first kappa shape index (κ1) is 25.1. The number of amides is 1. The number of aromatic nitrogens is 2. The van der Waals surface area contributed by atoms with Crippen LogP contribution in [0.2, 0.25) is 0 Å². The molecule has 2 aliphatic rings. The molecule has 1 amide bonds. The molecule has 0 saturated carbocycles. The first-order valence-corrected chi connectivity index (χ1v) is 12.5. The zero-order chi connectivity index (χ0) is 26.1. The third kappa shape index (κ3) is 5.13. The summed E-state index contributed by atoms with van der Waals surface area (Å²) in [5.74, 6) is 0.392. The van der Waals surface area contributed by atoms with Gasteiger partial charge >= 0.3 is 5.69 Å². The second-order valence-corrected chi connectivity index (χ2v) is 9.87. The predicted octanol–water partition coefficient (Wildman–Crippen LogP) is 0.991. The SMILES string of the molecule is CN1CCN(CC(=O)N(C)c2ccc(C3CNc4c5ccc(C(=O)CO)cc5nc(=O)n4C3)cc2)CC1. The van der Waals surface area contributed by atoms with E-state index >= 15 is 0 Å². The first-order valence-electron chi connectivity index (χ1n) is 12.5. The normalized spacial score (nSPS) is 18.3. The Morgan fingerprint density at radius 3 is 2.54 bits per heavy atom. The molecule has 2 aromatic carbocycles. The molecule has 37 heavy (non-hydrogen) atoms. The van der Waals surface area contributed by atoms with Crippen molar-refractivity contribution in [1.82, 2.24) is 19.4 Å². The molecule has 3 heterocycles. The zero-order valence-corrected chi connectivity index (χ0v) is 21.2. The van der Waals surface area contributed by atoms with Crippen LogP contribution in [0.1, 0.15) is 21.8 Å². The lowest BCUT2D eigenvalue weighted by atomic mass is 9.96. The van der Waals surface area contributed by atoms with Crippen LogP contribution in [-0.4, -0.2) is 96.1 Å². The van der Waals surface area contributed by atoms with Gasteiger partial charge in [-0.05, 0) is 36.9 Å². The van der Waals surface area contributed by atoms with E-state index in [0.29, 0.717) is 36.5 Å². The summed E-state index contributed by atoms with van der Waals surface area (Å²) in [6.45, 7) is 4.68. The number of fused-ring (bicyclic) bond motifs is 3. The molecule has 10 nitrogen and oxygen atoms in total. The number of benzene rings is 2. The molecule has 0 spiro atoms.